The molecule has 0 saturated carbocycles. The van der Waals surface area contributed by atoms with Crippen LogP contribution >= 0.6 is 11.8 Å². The second-order valence-electron chi connectivity index (χ2n) is 6.28. The van der Waals surface area contributed by atoms with Crippen molar-refractivity contribution in [3.63, 3.8) is 0 Å². The maximum atomic E-state index is 13.2. The molecule has 3 aromatic rings. The summed E-state index contributed by atoms with van der Waals surface area (Å²) >= 11 is 1.33. The lowest BCUT2D eigenvalue weighted by Gasteiger charge is -2.10. The number of nitrogens with zero attached hydrogens (tertiary/aromatic N) is 2. The highest BCUT2D eigenvalue weighted by Gasteiger charge is 2.13. The van der Waals surface area contributed by atoms with Gasteiger partial charge in [0.05, 0.1) is 17.6 Å². The monoisotopic (exact) mass is 412 g/mol. The quantitative estimate of drug-likeness (QED) is 0.564. The Morgan fingerprint density at radius 3 is 2.45 bits per heavy atom. The number of amides is 2. The third kappa shape index (κ3) is 5.45. The van der Waals surface area contributed by atoms with Crippen molar-refractivity contribution in [1.29, 1.82) is 0 Å². The first-order chi connectivity index (χ1) is 14.0. The molecule has 3 rings (SSSR count). The molecule has 29 heavy (non-hydrogen) atoms. The van der Waals surface area contributed by atoms with E-state index in [4.69, 9.17) is 0 Å². The van der Waals surface area contributed by atoms with Crippen molar-refractivity contribution in [2.45, 2.75) is 25.5 Å². The van der Waals surface area contributed by atoms with Crippen LogP contribution in [0.25, 0.3) is 11.3 Å². The van der Waals surface area contributed by atoms with Crippen molar-refractivity contribution in [3.05, 3.63) is 60.5 Å². The van der Waals surface area contributed by atoms with E-state index >= 15 is 0 Å². The summed E-state index contributed by atoms with van der Waals surface area (Å²) < 4.78 is 15.2. The van der Waals surface area contributed by atoms with E-state index in [9.17, 15) is 14.0 Å². The molecule has 0 atom stereocenters. The lowest BCUT2D eigenvalue weighted by atomic mass is 10.1. The van der Waals surface area contributed by atoms with Crippen molar-refractivity contribution in [1.82, 2.24) is 9.55 Å². The molecular weight excluding hydrogens is 391 g/mol. The molecule has 0 spiro atoms. The normalized spacial score (nSPS) is 10.6. The molecule has 1 aromatic heterocycles. The molecule has 1 heterocycles. The van der Waals surface area contributed by atoms with E-state index < -0.39 is 0 Å². The van der Waals surface area contributed by atoms with Gasteiger partial charge in [0.1, 0.15) is 5.82 Å². The van der Waals surface area contributed by atoms with Gasteiger partial charge in [0.2, 0.25) is 11.8 Å². The summed E-state index contributed by atoms with van der Waals surface area (Å²) in [5.41, 5.74) is 2.96. The summed E-state index contributed by atoms with van der Waals surface area (Å²) in [4.78, 5) is 27.9. The molecule has 2 N–H and O–H groups in total. The predicted molar refractivity (Wildman–Crippen MR) is 113 cm³/mol. The van der Waals surface area contributed by atoms with Gasteiger partial charge in [0.15, 0.2) is 5.16 Å². The fraction of sp³-hybridized carbons (Fsp3) is 0.190. The van der Waals surface area contributed by atoms with Gasteiger partial charge in [-0.1, -0.05) is 17.8 Å². The third-order valence-corrected chi connectivity index (χ3v) is 5.06. The molecule has 0 fully saturated rings. The van der Waals surface area contributed by atoms with E-state index in [0.717, 1.165) is 11.3 Å². The number of benzene rings is 2. The predicted octanol–water partition coefficient (Wildman–Crippen LogP) is 4.40. The van der Waals surface area contributed by atoms with Gasteiger partial charge in [-0.2, -0.15) is 0 Å². The Hall–Kier alpha value is -3.13. The number of anilines is 2. The molecule has 2 aromatic carbocycles. The van der Waals surface area contributed by atoms with Crippen LogP contribution in [-0.2, 0) is 16.1 Å². The zero-order valence-corrected chi connectivity index (χ0v) is 16.9. The average Bonchev–Trinajstić information content (AvgIpc) is 3.09. The minimum Gasteiger partial charge on any atom is -0.326 e. The Labute approximate surface area is 172 Å². The molecule has 8 heteroatoms. The smallest absolute Gasteiger partial charge is 0.234 e. The van der Waals surface area contributed by atoms with E-state index in [0.29, 0.717) is 23.1 Å². The molecule has 0 aliphatic heterocycles. The Morgan fingerprint density at radius 2 is 1.79 bits per heavy atom. The summed E-state index contributed by atoms with van der Waals surface area (Å²) in [6.45, 7) is 4.10. The van der Waals surface area contributed by atoms with Crippen molar-refractivity contribution >= 4 is 35.0 Å². The Kier molecular flexibility index (Phi) is 6.66. The fourth-order valence-corrected chi connectivity index (χ4v) is 3.68. The van der Waals surface area contributed by atoms with Crippen molar-refractivity contribution in [2.24, 2.45) is 0 Å². The Balaban J connectivity index is 1.65. The first-order valence-electron chi connectivity index (χ1n) is 9.08. The van der Waals surface area contributed by atoms with E-state index in [1.165, 1.54) is 30.8 Å². The first-order valence-corrected chi connectivity index (χ1v) is 10.1. The van der Waals surface area contributed by atoms with Crippen LogP contribution in [0, 0.1) is 5.82 Å². The molecule has 150 valence electrons. The van der Waals surface area contributed by atoms with Gasteiger partial charge in [0, 0.05) is 24.8 Å². The summed E-state index contributed by atoms with van der Waals surface area (Å²) in [6.07, 6.45) is 1.73. The minimum absolute atomic E-state index is 0.174. The SMILES string of the molecule is CCn1c(-c2ccc(F)cc2)cnc1SCC(=O)Nc1cccc(NC(C)=O)c1. The lowest BCUT2D eigenvalue weighted by molar-refractivity contribution is -0.114. The lowest BCUT2D eigenvalue weighted by Crippen LogP contribution is -2.15. The standard InChI is InChI=1S/C21H21FN4O2S/c1-3-26-19(15-7-9-16(22)10-8-15)12-23-21(26)29-13-20(28)25-18-6-4-5-17(11-18)24-14(2)27/h4-12H,3,13H2,1-2H3,(H,24,27)(H,25,28). The highest BCUT2D eigenvalue weighted by molar-refractivity contribution is 7.99. The molecule has 0 saturated heterocycles. The summed E-state index contributed by atoms with van der Waals surface area (Å²) in [5.74, 6) is -0.453. The topological polar surface area (TPSA) is 76.0 Å². The maximum Gasteiger partial charge on any atom is 0.234 e. The highest BCUT2D eigenvalue weighted by atomic mass is 32.2. The summed E-state index contributed by atoms with van der Waals surface area (Å²) in [7, 11) is 0. The van der Waals surface area contributed by atoms with Gasteiger partial charge in [0.25, 0.3) is 0 Å². The van der Waals surface area contributed by atoms with Gasteiger partial charge < -0.3 is 15.2 Å². The van der Waals surface area contributed by atoms with Gasteiger partial charge in [-0.25, -0.2) is 9.37 Å². The first kappa shape index (κ1) is 20.6. The summed E-state index contributed by atoms with van der Waals surface area (Å²) in [5, 5.41) is 6.22. The van der Waals surface area contributed by atoms with E-state index in [1.54, 1.807) is 42.6 Å². The van der Waals surface area contributed by atoms with E-state index in [2.05, 4.69) is 15.6 Å². The Bertz CT molecular complexity index is 1020. The third-order valence-electron chi connectivity index (χ3n) is 4.07. The number of rotatable bonds is 7. The molecule has 0 aliphatic carbocycles. The van der Waals surface area contributed by atoms with Crippen molar-refractivity contribution < 1.29 is 14.0 Å². The molecule has 6 nitrogen and oxygen atoms in total. The molecule has 0 unspecified atom stereocenters. The van der Waals surface area contributed by atoms with Crippen LogP contribution in [0.3, 0.4) is 0 Å². The number of hydrogen-bond acceptors (Lipinski definition) is 4. The van der Waals surface area contributed by atoms with Crippen LogP contribution in [0.1, 0.15) is 13.8 Å². The molecule has 2 amide bonds. The zero-order valence-electron chi connectivity index (χ0n) is 16.1. The number of hydrogen-bond donors (Lipinski definition) is 2. The second-order valence-corrected chi connectivity index (χ2v) is 7.22. The fourth-order valence-electron chi connectivity index (χ4n) is 2.84. The number of carbonyl (C=O) groups is 2. The van der Waals surface area contributed by atoms with Crippen LogP contribution in [0.4, 0.5) is 15.8 Å². The van der Waals surface area contributed by atoms with E-state index in [1.807, 2.05) is 11.5 Å². The van der Waals surface area contributed by atoms with Gasteiger partial charge >= 0.3 is 0 Å². The number of nitrogens with one attached hydrogen (secondary N) is 2. The molecular formula is C21H21FN4O2S. The summed E-state index contributed by atoms with van der Waals surface area (Å²) in [6, 6.07) is 13.2. The Morgan fingerprint density at radius 1 is 1.10 bits per heavy atom. The van der Waals surface area contributed by atoms with Crippen LogP contribution in [0.2, 0.25) is 0 Å². The van der Waals surface area contributed by atoms with Crippen molar-refractivity contribution in [3.8, 4) is 11.3 Å². The second kappa shape index (κ2) is 9.38. The van der Waals surface area contributed by atoms with Gasteiger partial charge in [-0.3, -0.25) is 9.59 Å². The molecule has 0 radical (unpaired) electrons. The molecule has 0 bridgehead atoms. The number of carbonyl (C=O) groups excluding carboxylic acids is 2. The van der Waals surface area contributed by atoms with Crippen LogP contribution in [0.5, 0.6) is 0 Å². The van der Waals surface area contributed by atoms with Crippen LogP contribution in [0.15, 0.2) is 59.9 Å². The van der Waals surface area contributed by atoms with Crippen LogP contribution in [-0.4, -0.2) is 27.1 Å². The number of thioether (sulfide) groups is 1. The maximum absolute atomic E-state index is 13.2. The van der Waals surface area contributed by atoms with Crippen LogP contribution < -0.4 is 10.6 Å². The van der Waals surface area contributed by atoms with E-state index in [-0.39, 0.29) is 23.4 Å². The highest BCUT2D eigenvalue weighted by Crippen LogP contribution is 2.26. The number of imidazole rings is 1. The minimum atomic E-state index is -0.287. The molecule has 0 aliphatic rings. The average molecular weight is 412 g/mol. The van der Waals surface area contributed by atoms with Gasteiger partial charge in [-0.05, 0) is 55.0 Å². The van der Waals surface area contributed by atoms with Gasteiger partial charge in [-0.15, -0.1) is 0 Å². The number of halogens is 1. The largest absolute Gasteiger partial charge is 0.326 e. The van der Waals surface area contributed by atoms with Crippen molar-refractivity contribution in [2.75, 3.05) is 16.4 Å². The number of aromatic nitrogens is 2. The zero-order chi connectivity index (χ0) is 20.8.